The summed E-state index contributed by atoms with van der Waals surface area (Å²) >= 11 is 0. The zero-order chi connectivity index (χ0) is 38.7. The van der Waals surface area contributed by atoms with Crippen molar-refractivity contribution in [2.75, 3.05) is 51.5 Å². The molecule has 4 N–H and O–H groups in total. The molecule has 1 saturated heterocycles. The molecule has 1 rings (SSSR count). The van der Waals surface area contributed by atoms with Crippen molar-refractivity contribution in [1.29, 1.82) is 0 Å². The normalized spacial score (nSPS) is 24.1. The second-order valence-corrected chi connectivity index (χ2v) is 16.7. The molecule has 1 unspecified atom stereocenters. The van der Waals surface area contributed by atoms with Crippen molar-refractivity contribution in [3.63, 3.8) is 0 Å². The second kappa shape index (κ2) is 28.6. The Balaban J connectivity index is 2.90. The third-order valence-corrected chi connectivity index (χ3v) is 12.4. The predicted octanol–water partition coefficient (Wildman–Crippen LogP) is 2.08. The summed E-state index contributed by atoms with van der Waals surface area (Å²) in [6.07, 6.45) is 4.40. The van der Waals surface area contributed by atoms with Crippen LogP contribution in [0.1, 0.15) is 77.0 Å². The topological polar surface area (TPSA) is 222 Å². The lowest BCUT2D eigenvalue weighted by Gasteiger charge is -2.18. The number of methoxy groups -OCH3 is 4. The molecule has 0 spiro atoms. The van der Waals surface area contributed by atoms with Crippen molar-refractivity contribution in [3.05, 3.63) is 0 Å². The second-order valence-electron chi connectivity index (χ2n) is 11.5. The van der Waals surface area contributed by atoms with Gasteiger partial charge in [-0.2, -0.15) is 0 Å². The summed E-state index contributed by atoms with van der Waals surface area (Å²) in [6.45, 7) is 0. The fourth-order valence-electron chi connectivity index (χ4n) is 4.64. The molecule has 4 atom stereocenters. The maximum atomic E-state index is 12.6. The molecule has 0 aliphatic carbocycles. The lowest BCUT2D eigenvalue weighted by molar-refractivity contribution is -0.145. The van der Waals surface area contributed by atoms with Gasteiger partial charge in [0.1, 0.15) is 24.2 Å². The Kier molecular flexibility index (Phi) is 26.0. The van der Waals surface area contributed by atoms with Gasteiger partial charge in [-0.1, -0.05) is 56.0 Å². The first-order valence-corrected chi connectivity index (χ1v) is 21.9. The molecule has 1 fully saturated rings. The first-order chi connectivity index (χ1) is 24.9. The van der Waals surface area contributed by atoms with E-state index in [0.29, 0.717) is 57.1 Å². The van der Waals surface area contributed by atoms with Gasteiger partial charge in [0.05, 0.1) is 28.4 Å². The van der Waals surface area contributed by atoms with Gasteiger partial charge in [-0.3, -0.25) is 19.2 Å². The van der Waals surface area contributed by atoms with Gasteiger partial charge in [0.2, 0.25) is 23.6 Å². The minimum atomic E-state index is -0.944. The first-order valence-electron chi connectivity index (χ1n) is 16.9. The minimum Gasteiger partial charge on any atom is -0.467 e. The van der Waals surface area contributed by atoms with Crippen LogP contribution in [0.5, 0.6) is 0 Å². The van der Waals surface area contributed by atoms with Gasteiger partial charge in [0, 0.05) is 48.7 Å². The van der Waals surface area contributed by atoms with Crippen LogP contribution in [-0.2, 0) is 57.3 Å². The molecule has 1 aliphatic heterocycles. The van der Waals surface area contributed by atoms with E-state index in [2.05, 4.69) is 21.3 Å². The van der Waals surface area contributed by atoms with Crippen LogP contribution < -0.4 is 21.3 Å². The highest BCUT2D eigenvalue weighted by Gasteiger charge is 2.26. The Morgan fingerprint density at radius 2 is 0.731 bits per heavy atom. The Hall–Kier alpha value is -2.84. The van der Waals surface area contributed by atoms with E-state index in [1.165, 1.54) is 71.6 Å². The standard InChI is InChI=1S/C32H52N4O12S4/c1-45-29(41)21-12-11-17-49-50-18-22(30(42)46-2)34-26(38)14-9-6-10-16-28(40)36-24(32(44)48-4)20-52-51-19-23(31(43)47-3)35-27(39)15-8-5-7-13-25(37)33-21/h21-24H,5-20H2,1-4H3,(H,33,37)(H,34,38)(H,35,39)(H,36,40)/t21?,22-,23-,24-/m0/s1. The van der Waals surface area contributed by atoms with Crippen molar-refractivity contribution in [2.24, 2.45) is 0 Å². The van der Waals surface area contributed by atoms with Gasteiger partial charge in [0.25, 0.3) is 0 Å². The van der Waals surface area contributed by atoms with E-state index in [1.54, 1.807) is 0 Å². The highest BCUT2D eigenvalue weighted by molar-refractivity contribution is 8.77. The Bertz CT molecular complexity index is 1090. The van der Waals surface area contributed by atoms with Crippen molar-refractivity contribution in [2.45, 2.75) is 101 Å². The fourth-order valence-corrected chi connectivity index (χ4v) is 9.19. The summed E-state index contributed by atoms with van der Waals surface area (Å²) in [6, 6.07) is -3.57. The lowest BCUT2D eigenvalue weighted by atomic mass is 10.1. The van der Waals surface area contributed by atoms with Crippen LogP contribution in [0.3, 0.4) is 0 Å². The van der Waals surface area contributed by atoms with Gasteiger partial charge in [-0.05, 0) is 38.5 Å². The van der Waals surface area contributed by atoms with Crippen molar-refractivity contribution in [1.82, 2.24) is 21.3 Å². The smallest absolute Gasteiger partial charge is 0.329 e. The largest absolute Gasteiger partial charge is 0.467 e. The first kappa shape index (κ1) is 47.2. The van der Waals surface area contributed by atoms with Gasteiger partial charge in [-0.15, -0.1) is 0 Å². The molecule has 0 bridgehead atoms. The number of hydrogen-bond acceptors (Lipinski definition) is 16. The van der Waals surface area contributed by atoms with E-state index < -0.39 is 48.0 Å². The lowest BCUT2D eigenvalue weighted by Crippen LogP contribution is -2.44. The molecule has 52 heavy (non-hydrogen) atoms. The molecule has 4 amide bonds. The summed E-state index contributed by atoms with van der Waals surface area (Å²) < 4.78 is 19.4. The summed E-state index contributed by atoms with van der Waals surface area (Å²) in [5.41, 5.74) is 0. The number of carbonyl (C=O) groups is 8. The van der Waals surface area contributed by atoms with E-state index in [0.717, 1.165) is 0 Å². The monoisotopic (exact) mass is 812 g/mol. The van der Waals surface area contributed by atoms with Crippen molar-refractivity contribution < 1.29 is 57.3 Å². The zero-order valence-corrected chi connectivity index (χ0v) is 33.4. The predicted molar refractivity (Wildman–Crippen MR) is 201 cm³/mol. The number of hydrogen-bond donors (Lipinski definition) is 4. The highest BCUT2D eigenvalue weighted by atomic mass is 33.1. The quantitative estimate of drug-likeness (QED) is 0.181. The van der Waals surface area contributed by atoms with Crippen LogP contribution in [0.4, 0.5) is 0 Å². The molecule has 0 radical (unpaired) electrons. The van der Waals surface area contributed by atoms with Gasteiger partial charge < -0.3 is 40.2 Å². The number of ether oxygens (including phenoxy) is 4. The van der Waals surface area contributed by atoms with Gasteiger partial charge in [0.15, 0.2) is 0 Å². The van der Waals surface area contributed by atoms with Crippen LogP contribution >= 0.6 is 43.2 Å². The molecule has 0 aromatic rings. The van der Waals surface area contributed by atoms with E-state index >= 15 is 0 Å². The SMILES string of the molecule is COC(=O)C1CCCSSC[C@@H](C(=O)OC)NC(=O)CCCCCC(=O)N[C@H](C(=O)OC)CSSC[C@@H](C(=O)OC)NC(=O)CCCCCC(=O)N1. The third-order valence-electron chi connectivity index (χ3n) is 7.49. The molecular formula is C32H52N4O12S4. The molecular weight excluding hydrogens is 761 g/mol. The summed E-state index contributed by atoms with van der Waals surface area (Å²) in [5.74, 6) is -2.65. The number of amides is 4. The maximum absolute atomic E-state index is 12.6. The molecule has 16 nitrogen and oxygen atoms in total. The van der Waals surface area contributed by atoms with E-state index in [4.69, 9.17) is 18.9 Å². The summed E-state index contributed by atoms with van der Waals surface area (Å²) in [4.78, 5) is 99.6. The van der Waals surface area contributed by atoms with Gasteiger partial charge in [-0.25, -0.2) is 19.2 Å². The highest BCUT2D eigenvalue weighted by Crippen LogP contribution is 2.25. The van der Waals surface area contributed by atoms with Crippen molar-refractivity contribution in [3.8, 4) is 0 Å². The number of rotatable bonds is 4. The third kappa shape index (κ3) is 21.0. The Morgan fingerprint density at radius 1 is 0.442 bits per heavy atom. The number of nitrogens with one attached hydrogen (secondary N) is 4. The van der Waals surface area contributed by atoms with Crippen LogP contribution in [0.15, 0.2) is 0 Å². The number of carbonyl (C=O) groups excluding carboxylic acids is 8. The van der Waals surface area contributed by atoms with Crippen molar-refractivity contribution >= 4 is 90.7 Å². The summed E-state index contributed by atoms with van der Waals surface area (Å²) in [5, 5.41) is 10.7. The average Bonchev–Trinajstić information content (AvgIpc) is 3.13. The molecule has 296 valence electrons. The minimum absolute atomic E-state index is 0.120. The summed E-state index contributed by atoms with van der Waals surface area (Å²) in [7, 11) is 10.2. The molecule has 1 aliphatic rings. The average molecular weight is 813 g/mol. The van der Waals surface area contributed by atoms with E-state index in [-0.39, 0.29) is 66.6 Å². The number of esters is 4. The van der Waals surface area contributed by atoms with Crippen LogP contribution in [0.25, 0.3) is 0 Å². The zero-order valence-electron chi connectivity index (χ0n) is 30.2. The molecule has 1 heterocycles. The van der Waals surface area contributed by atoms with Crippen LogP contribution in [0.2, 0.25) is 0 Å². The maximum Gasteiger partial charge on any atom is 0.329 e. The Morgan fingerprint density at radius 3 is 1.06 bits per heavy atom. The van der Waals surface area contributed by atoms with Crippen LogP contribution in [-0.4, -0.2) is 123 Å². The van der Waals surface area contributed by atoms with Crippen LogP contribution in [0, 0.1) is 0 Å². The molecule has 0 aromatic heterocycles. The fraction of sp³-hybridized carbons (Fsp3) is 0.750. The molecule has 20 heteroatoms. The molecule has 0 aromatic carbocycles. The van der Waals surface area contributed by atoms with E-state index in [9.17, 15) is 38.4 Å². The molecule has 0 saturated carbocycles. The Labute approximate surface area is 320 Å². The van der Waals surface area contributed by atoms with Gasteiger partial charge >= 0.3 is 23.9 Å². The van der Waals surface area contributed by atoms with E-state index in [1.807, 2.05) is 0 Å².